The second kappa shape index (κ2) is 6.24. The van der Waals surface area contributed by atoms with Gasteiger partial charge in [0.15, 0.2) is 0 Å². The van der Waals surface area contributed by atoms with Crippen molar-refractivity contribution in [1.82, 2.24) is 10.2 Å². The number of nitrogens with one attached hydrogen (secondary N) is 1. The van der Waals surface area contributed by atoms with Crippen LogP contribution in [0.5, 0.6) is 0 Å². The number of hydrogen-bond acceptors (Lipinski definition) is 3. The van der Waals surface area contributed by atoms with Crippen molar-refractivity contribution in [3.63, 3.8) is 0 Å². The summed E-state index contributed by atoms with van der Waals surface area (Å²) in [6, 6.07) is 3.70. The Bertz CT molecular complexity index is 333. The summed E-state index contributed by atoms with van der Waals surface area (Å²) >= 11 is 0. The summed E-state index contributed by atoms with van der Waals surface area (Å²) in [6.45, 7) is 8.83. The number of hydrogen-bond donors (Lipinski definition) is 1. The van der Waals surface area contributed by atoms with Crippen molar-refractivity contribution in [2.45, 2.75) is 76.9 Å². The minimum absolute atomic E-state index is 0.349. The van der Waals surface area contributed by atoms with E-state index in [1.807, 2.05) is 6.92 Å². The van der Waals surface area contributed by atoms with Crippen molar-refractivity contribution < 1.29 is 0 Å². The molecule has 3 heteroatoms. The number of rotatable bonds is 7. The first kappa shape index (κ1) is 14.8. The lowest BCUT2D eigenvalue weighted by molar-refractivity contribution is 0.207. The molecule has 1 saturated heterocycles. The van der Waals surface area contributed by atoms with Gasteiger partial charge in [-0.05, 0) is 71.8 Å². The van der Waals surface area contributed by atoms with Gasteiger partial charge in [-0.25, -0.2) is 0 Å². The fourth-order valence-electron chi connectivity index (χ4n) is 3.89. The average molecular weight is 263 g/mol. The monoisotopic (exact) mass is 263 g/mol. The molecule has 0 spiro atoms. The van der Waals surface area contributed by atoms with E-state index < -0.39 is 0 Å². The Labute approximate surface area is 118 Å². The fraction of sp³-hybridized carbons (Fsp3) is 0.938. The summed E-state index contributed by atoms with van der Waals surface area (Å²) in [5.74, 6) is 0.997. The minimum Gasteiger partial charge on any atom is -0.300 e. The second-order valence-corrected chi connectivity index (χ2v) is 7.03. The van der Waals surface area contributed by atoms with Crippen LogP contribution in [0, 0.1) is 17.2 Å². The van der Waals surface area contributed by atoms with Crippen molar-refractivity contribution in [1.29, 1.82) is 5.26 Å². The molecule has 108 valence electrons. The molecule has 1 aliphatic carbocycles. The smallest absolute Gasteiger partial charge is 0.104 e. The van der Waals surface area contributed by atoms with E-state index in [4.69, 9.17) is 0 Å². The van der Waals surface area contributed by atoms with Gasteiger partial charge in [0.2, 0.25) is 0 Å². The number of piperidine rings is 1. The molecule has 19 heavy (non-hydrogen) atoms. The molecule has 0 radical (unpaired) electrons. The van der Waals surface area contributed by atoms with Crippen molar-refractivity contribution in [3.05, 3.63) is 0 Å². The van der Waals surface area contributed by atoms with Crippen LogP contribution in [0.2, 0.25) is 0 Å². The molecule has 1 heterocycles. The van der Waals surface area contributed by atoms with Gasteiger partial charge in [0, 0.05) is 18.6 Å². The molecule has 2 fully saturated rings. The van der Waals surface area contributed by atoms with Crippen LogP contribution in [0.3, 0.4) is 0 Å². The van der Waals surface area contributed by atoms with Gasteiger partial charge >= 0.3 is 0 Å². The first-order valence-electron chi connectivity index (χ1n) is 7.95. The van der Waals surface area contributed by atoms with Crippen LogP contribution in [0.4, 0.5) is 0 Å². The van der Waals surface area contributed by atoms with Crippen LogP contribution >= 0.6 is 0 Å². The molecule has 3 unspecified atom stereocenters. The SMILES string of the molecule is CC(C)NC(C)(C#N)CCCCN1CC2CCC1C2. The van der Waals surface area contributed by atoms with Crippen molar-refractivity contribution >= 4 is 0 Å². The van der Waals surface area contributed by atoms with Gasteiger partial charge in [0.25, 0.3) is 0 Å². The Balaban J connectivity index is 1.64. The van der Waals surface area contributed by atoms with Crippen LogP contribution in [0.15, 0.2) is 0 Å². The Morgan fingerprint density at radius 2 is 2.16 bits per heavy atom. The lowest BCUT2D eigenvalue weighted by Gasteiger charge is -2.28. The first-order chi connectivity index (χ1) is 9.02. The van der Waals surface area contributed by atoms with Gasteiger partial charge in [0.05, 0.1) is 6.07 Å². The molecule has 1 N–H and O–H groups in total. The number of likely N-dealkylation sites (tertiary alicyclic amines) is 1. The Kier molecular flexibility index (Phi) is 4.86. The highest BCUT2D eigenvalue weighted by Gasteiger charge is 2.37. The van der Waals surface area contributed by atoms with E-state index in [9.17, 15) is 5.26 Å². The summed E-state index contributed by atoms with van der Waals surface area (Å²) in [6.07, 6.45) is 7.69. The molecule has 2 bridgehead atoms. The Hall–Kier alpha value is -0.590. The molecule has 1 saturated carbocycles. The maximum Gasteiger partial charge on any atom is 0.104 e. The third kappa shape index (κ3) is 3.94. The van der Waals surface area contributed by atoms with E-state index in [2.05, 4.69) is 30.1 Å². The van der Waals surface area contributed by atoms with E-state index in [0.29, 0.717) is 6.04 Å². The molecule has 2 aliphatic rings. The van der Waals surface area contributed by atoms with Crippen LogP contribution < -0.4 is 5.32 Å². The zero-order valence-electron chi connectivity index (χ0n) is 12.8. The predicted octanol–water partition coefficient (Wildman–Crippen LogP) is 2.92. The molecular weight excluding hydrogens is 234 g/mol. The first-order valence-corrected chi connectivity index (χ1v) is 7.95. The molecule has 0 aromatic rings. The van der Waals surface area contributed by atoms with Gasteiger partial charge in [0.1, 0.15) is 5.54 Å². The van der Waals surface area contributed by atoms with Crippen LogP contribution in [-0.4, -0.2) is 35.6 Å². The molecule has 1 aliphatic heterocycles. The van der Waals surface area contributed by atoms with Crippen molar-refractivity contribution in [3.8, 4) is 6.07 Å². The van der Waals surface area contributed by atoms with Crippen LogP contribution in [0.1, 0.15) is 59.3 Å². The van der Waals surface area contributed by atoms with E-state index >= 15 is 0 Å². The van der Waals surface area contributed by atoms with Crippen LogP contribution in [0.25, 0.3) is 0 Å². The molecule has 0 aromatic carbocycles. The molecular formula is C16H29N3. The zero-order valence-corrected chi connectivity index (χ0v) is 12.8. The van der Waals surface area contributed by atoms with Crippen molar-refractivity contribution in [2.75, 3.05) is 13.1 Å². The van der Waals surface area contributed by atoms with E-state index in [0.717, 1.165) is 24.8 Å². The Morgan fingerprint density at radius 1 is 1.37 bits per heavy atom. The molecule has 0 amide bonds. The predicted molar refractivity (Wildman–Crippen MR) is 78.8 cm³/mol. The normalized spacial score (nSPS) is 29.6. The van der Waals surface area contributed by atoms with Crippen molar-refractivity contribution in [2.24, 2.45) is 5.92 Å². The number of nitrogens with zero attached hydrogens (tertiary/aromatic N) is 2. The molecule has 3 nitrogen and oxygen atoms in total. The summed E-state index contributed by atoms with van der Waals surface area (Å²) in [4.78, 5) is 2.69. The molecule has 0 aromatic heterocycles. The minimum atomic E-state index is -0.349. The summed E-state index contributed by atoms with van der Waals surface area (Å²) in [5.41, 5.74) is -0.349. The van der Waals surface area contributed by atoms with Crippen LogP contribution in [-0.2, 0) is 0 Å². The number of fused-ring (bicyclic) bond motifs is 2. The highest BCUT2D eigenvalue weighted by molar-refractivity contribution is 5.04. The summed E-state index contributed by atoms with van der Waals surface area (Å²) in [7, 11) is 0. The van der Waals surface area contributed by atoms with Gasteiger partial charge in [-0.3, -0.25) is 5.32 Å². The molecule has 3 atom stereocenters. The third-order valence-electron chi connectivity index (χ3n) is 4.75. The van der Waals surface area contributed by atoms with E-state index in [1.54, 1.807) is 0 Å². The largest absolute Gasteiger partial charge is 0.300 e. The average Bonchev–Trinajstić information content (AvgIpc) is 2.96. The quantitative estimate of drug-likeness (QED) is 0.718. The second-order valence-electron chi connectivity index (χ2n) is 7.03. The topological polar surface area (TPSA) is 39.1 Å². The highest BCUT2D eigenvalue weighted by atomic mass is 15.2. The fourth-order valence-corrected chi connectivity index (χ4v) is 3.89. The summed E-state index contributed by atoms with van der Waals surface area (Å²) < 4.78 is 0. The molecule has 2 rings (SSSR count). The maximum absolute atomic E-state index is 9.31. The van der Waals surface area contributed by atoms with Gasteiger partial charge in [-0.1, -0.05) is 0 Å². The third-order valence-corrected chi connectivity index (χ3v) is 4.75. The van der Waals surface area contributed by atoms with Gasteiger partial charge < -0.3 is 4.90 Å². The highest BCUT2D eigenvalue weighted by Crippen LogP contribution is 2.37. The van der Waals surface area contributed by atoms with Gasteiger partial charge in [-0.15, -0.1) is 0 Å². The lowest BCUT2D eigenvalue weighted by Crippen LogP contribution is -2.45. The number of nitriles is 1. The Morgan fingerprint density at radius 3 is 2.68 bits per heavy atom. The zero-order chi connectivity index (χ0) is 13.9. The lowest BCUT2D eigenvalue weighted by atomic mass is 9.95. The standard InChI is InChI=1S/C16H29N3/c1-13(2)18-16(3,12-17)8-4-5-9-19-11-14-6-7-15(19)10-14/h13-15,18H,4-11H2,1-3H3. The van der Waals surface area contributed by atoms with Gasteiger partial charge in [-0.2, -0.15) is 5.26 Å². The number of unbranched alkanes of at least 4 members (excludes halogenated alkanes) is 1. The maximum atomic E-state index is 9.31. The van der Waals surface area contributed by atoms with E-state index in [1.165, 1.54) is 38.8 Å². The summed E-state index contributed by atoms with van der Waals surface area (Å²) in [5, 5.41) is 12.7. The van der Waals surface area contributed by atoms with E-state index in [-0.39, 0.29) is 5.54 Å².